The molecule has 2 rings (SSSR count). The standard InChI is InChI=1S/C10H14N4S/c1-7-13-8(6-15-7)5-9(11)10-3-4-12-14(10)2/h3-4,6,9H,5,11H2,1-2H3. The number of hydrogen-bond acceptors (Lipinski definition) is 4. The molecule has 0 aliphatic rings. The Morgan fingerprint density at radius 2 is 2.40 bits per heavy atom. The number of aromatic nitrogens is 3. The van der Waals surface area contributed by atoms with Crippen molar-refractivity contribution < 1.29 is 0 Å². The van der Waals surface area contributed by atoms with Crippen molar-refractivity contribution in [2.45, 2.75) is 19.4 Å². The topological polar surface area (TPSA) is 56.7 Å². The monoisotopic (exact) mass is 222 g/mol. The van der Waals surface area contributed by atoms with Crippen LogP contribution in [0.25, 0.3) is 0 Å². The van der Waals surface area contributed by atoms with Gasteiger partial charge in [0.25, 0.3) is 0 Å². The molecule has 1 unspecified atom stereocenters. The first-order chi connectivity index (χ1) is 7.16. The molecule has 0 radical (unpaired) electrons. The van der Waals surface area contributed by atoms with Crippen LogP contribution in [0, 0.1) is 6.92 Å². The van der Waals surface area contributed by atoms with Crippen molar-refractivity contribution in [1.82, 2.24) is 14.8 Å². The molecular weight excluding hydrogens is 208 g/mol. The van der Waals surface area contributed by atoms with Crippen LogP contribution in [0.2, 0.25) is 0 Å². The molecule has 0 aromatic carbocycles. The Hall–Kier alpha value is -1.20. The molecule has 15 heavy (non-hydrogen) atoms. The largest absolute Gasteiger partial charge is 0.322 e. The van der Waals surface area contributed by atoms with E-state index in [4.69, 9.17) is 5.73 Å². The van der Waals surface area contributed by atoms with E-state index in [1.807, 2.05) is 24.7 Å². The van der Waals surface area contributed by atoms with Crippen molar-refractivity contribution in [1.29, 1.82) is 0 Å². The number of hydrogen-bond donors (Lipinski definition) is 1. The van der Waals surface area contributed by atoms with Gasteiger partial charge in [0.1, 0.15) is 0 Å². The Bertz CT molecular complexity index is 446. The molecule has 2 aromatic rings. The molecule has 0 aliphatic carbocycles. The van der Waals surface area contributed by atoms with E-state index in [-0.39, 0.29) is 6.04 Å². The van der Waals surface area contributed by atoms with Crippen molar-refractivity contribution in [2.24, 2.45) is 12.8 Å². The van der Waals surface area contributed by atoms with Crippen LogP contribution < -0.4 is 5.73 Å². The van der Waals surface area contributed by atoms with Crippen LogP contribution >= 0.6 is 11.3 Å². The van der Waals surface area contributed by atoms with Gasteiger partial charge in [0, 0.05) is 25.0 Å². The van der Waals surface area contributed by atoms with Gasteiger partial charge in [-0.05, 0) is 13.0 Å². The van der Waals surface area contributed by atoms with Crippen molar-refractivity contribution in [3.63, 3.8) is 0 Å². The maximum absolute atomic E-state index is 6.09. The van der Waals surface area contributed by atoms with Gasteiger partial charge in [0.2, 0.25) is 0 Å². The second-order valence-corrected chi connectivity index (χ2v) is 4.61. The first kappa shape index (κ1) is 10.3. The summed E-state index contributed by atoms with van der Waals surface area (Å²) in [4.78, 5) is 4.40. The maximum atomic E-state index is 6.09. The highest BCUT2D eigenvalue weighted by molar-refractivity contribution is 7.09. The zero-order valence-electron chi connectivity index (χ0n) is 8.84. The average Bonchev–Trinajstić information content (AvgIpc) is 2.75. The third kappa shape index (κ3) is 2.24. The van der Waals surface area contributed by atoms with E-state index < -0.39 is 0 Å². The number of nitrogens with zero attached hydrogens (tertiary/aromatic N) is 3. The van der Waals surface area contributed by atoms with Crippen molar-refractivity contribution in [3.05, 3.63) is 34.0 Å². The van der Waals surface area contributed by atoms with Crippen LogP contribution in [0.15, 0.2) is 17.6 Å². The molecule has 0 saturated carbocycles. The lowest BCUT2D eigenvalue weighted by atomic mass is 10.1. The summed E-state index contributed by atoms with van der Waals surface area (Å²) < 4.78 is 1.81. The Balaban J connectivity index is 2.10. The summed E-state index contributed by atoms with van der Waals surface area (Å²) in [6, 6.07) is 1.92. The Morgan fingerprint density at radius 1 is 1.60 bits per heavy atom. The minimum absolute atomic E-state index is 0.0287. The van der Waals surface area contributed by atoms with Crippen LogP contribution in [0.3, 0.4) is 0 Å². The van der Waals surface area contributed by atoms with E-state index in [2.05, 4.69) is 15.5 Å². The summed E-state index contributed by atoms with van der Waals surface area (Å²) in [6.07, 6.45) is 2.53. The molecule has 4 nitrogen and oxygen atoms in total. The predicted octanol–water partition coefficient (Wildman–Crippen LogP) is 1.43. The average molecular weight is 222 g/mol. The van der Waals surface area contributed by atoms with Gasteiger partial charge in [-0.3, -0.25) is 4.68 Å². The van der Waals surface area contributed by atoms with Gasteiger partial charge in [0.15, 0.2) is 0 Å². The first-order valence-electron chi connectivity index (χ1n) is 4.81. The SMILES string of the molecule is Cc1nc(CC(N)c2ccnn2C)cs1. The van der Waals surface area contributed by atoms with Crippen LogP contribution in [0.5, 0.6) is 0 Å². The highest BCUT2D eigenvalue weighted by Gasteiger charge is 2.12. The van der Waals surface area contributed by atoms with Crippen molar-refractivity contribution in [2.75, 3.05) is 0 Å². The van der Waals surface area contributed by atoms with Gasteiger partial charge in [-0.2, -0.15) is 5.10 Å². The van der Waals surface area contributed by atoms with Crippen LogP contribution in [-0.2, 0) is 13.5 Å². The molecule has 2 heterocycles. The molecular formula is C10H14N4S. The Morgan fingerprint density at radius 3 is 2.93 bits per heavy atom. The van der Waals surface area contributed by atoms with Crippen LogP contribution in [0.1, 0.15) is 22.4 Å². The minimum Gasteiger partial charge on any atom is -0.322 e. The fourth-order valence-corrected chi connectivity index (χ4v) is 2.21. The van der Waals surface area contributed by atoms with Gasteiger partial charge < -0.3 is 5.73 Å². The van der Waals surface area contributed by atoms with Crippen LogP contribution in [0.4, 0.5) is 0 Å². The Kier molecular flexibility index (Phi) is 2.83. The summed E-state index contributed by atoms with van der Waals surface area (Å²) in [5.74, 6) is 0. The second kappa shape index (κ2) is 4.12. The molecule has 80 valence electrons. The van der Waals surface area contributed by atoms with E-state index in [0.717, 1.165) is 22.8 Å². The van der Waals surface area contributed by atoms with Crippen molar-refractivity contribution in [3.8, 4) is 0 Å². The van der Waals surface area contributed by atoms with E-state index >= 15 is 0 Å². The maximum Gasteiger partial charge on any atom is 0.0897 e. The number of aryl methyl sites for hydroxylation is 2. The number of rotatable bonds is 3. The molecule has 0 bridgehead atoms. The summed E-state index contributed by atoms with van der Waals surface area (Å²) in [5.41, 5.74) is 8.19. The molecule has 0 amide bonds. The lowest BCUT2D eigenvalue weighted by molar-refractivity contribution is 0.612. The quantitative estimate of drug-likeness (QED) is 0.854. The molecule has 0 saturated heterocycles. The van der Waals surface area contributed by atoms with Gasteiger partial charge in [-0.1, -0.05) is 0 Å². The van der Waals surface area contributed by atoms with Gasteiger partial charge in [-0.15, -0.1) is 11.3 Å². The minimum atomic E-state index is -0.0287. The fraction of sp³-hybridized carbons (Fsp3) is 0.400. The summed E-state index contributed by atoms with van der Waals surface area (Å²) >= 11 is 1.66. The molecule has 0 spiro atoms. The second-order valence-electron chi connectivity index (χ2n) is 3.55. The molecule has 0 fully saturated rings. The van der Waals surface area contributed by atoms with Gasteiger partial charge in [0.05, 0.1) is 22.4 Å². The zero-order chi connectivity index (χ0) is 10.8. The van der Waals surface area contributed by atoms with Crippen LogP contribution in [-0.4, -0.2) is 14.8 Å². The zero-order valence-corrected chi connectivity index (χ0v) is 9.66. The van der Waals surface area contributed by atoms with E-state index in [0.29, 0.717) is 0 Å². The third-order valence-electron chi connectivity index (χ3n) is 2.33. The molecule has 0 aliphatic heterocycles. The molecule has 1 atom stereocenters. The smallest absolute Gasteiger partial charge is 0.0897 e. The lowest BCUT2D eigenvalue weighted by Crippen LogP contribution is -2.17. The summed E-state index contributed by atoms with van der Waals surface area (Å²) in [7, 11) is 1.90. The third-order valence-corrected chi connectivity index (χ3v) is 3.16. The number of thiazole rings is 1. The Labute approximate surface area is 92.8 Å². The van der Waals surface area contributed by atoms with E-state index in [1.165, 1.54) is 0 Å². The normalized spacial score (nSPS) is 13.0. The summed E-state index contributed by atoms with van der Waals surface area (Å²) in [5, 5.41) is 7.25. The number of nitrogens with two attached hydrogens (primary N) is 1. The van der Waals surface area contributed by atoms with Gasteiger partial charge in [-0.25, -0.2) is 4.98 Å². The van der Waals surface area contributed by atoms with E-state index in [9.17, 15) is 0 Å². The lowest BCUT2D eigenvalue weighted by Gasteiger charge is -2.09. The fourth-order valence-electron chi connectivity index (χ4n) is 1.58. The first-order valence-corrected chi connectivity index (χ1v) is 5.69. The van der Waals surface area contributed by atoms with Gasteiger partial charge >= 0.3 is 0 Å². The predicted molar refractivity (Wildman–Crippen MR) is 60.7 cm³/mol. The molecule has 2 N–H and O–H groups in total. The summed E-state index contributed by atoms with van der Waals surface area (Å²) in [6.45, 7) is 2.00. The highest BCUT2D eigenvalue weighted by Crippen LogP contribution is 2.16. The van der Waals surface area contributed by atoms with Crippen molar-refractivity contribution >= 4 is 11.3 Å². The molecule has 2 aromatic heterocycles. The highest BCUT2D eigenvalue weighted by atomic mass is 32.1. The molecule has 5 heteroatoms. The van der Waals surface area contributed by atoms with E-state index in [1.54, 1.807) is 17.5 Å².